The Hall–Kier alpha value is -1.14. The molecule has 0 rings (SSSR count). The zero-order valence-corrected chi connectivity index (χ0v) is 8.45. The highest BCUT2D eigenvalue weighted by Crippen LogP contribution is 1.89. The van der Waals surface area contributed by atoms with Gasteiger partial charge in [0, 0.05) is 13.0 Å². The molecular weight excluding hydrogens is 184 g/mol. The summed E-state index contributed by atoms with van der Waals surface area (Å²) < 4.78 is 0. The first-order valence-electron chi connectivity index (χ1n) is 4.54. The van der Waals surface area contributed by atoms with Gasteiger partial charge in [-0.3, -0.25) is 10.1 Å². The van der Waals surface area contributed by atoms with E-state index in [2.05, 4.69) is 0 Å². The number of rotatable bonds is 6. The molecule has 6 heteroatoms. The number of carbonyl (C=O) groups excluding carboxylic acids is 2. The SMILES string of the molecule is CN(CCCN)CCC(=O)NC(N)=O. The third-order valence-electron chi connectivity index (χ3n) is 1.73. The number of urea groups is 1. The molecule has 0 heterocycles. The maximum Gasteiger partial charge on any atom is 0.318 e. The van der Waals surface area contributed by atoms with Crippen LogP contribution in [-0.4, -0.2) is 43.5 Å². The zero-order valence-electron chi connectivity index (χ0n) is 8.45. The molecule has 0 fully saturated rings. The van der Waals surface area contributed by atoms with E-state index >= 15 is 0 Å². The molecule has 14 heavy (non-hydrogen) atoms. The maximum atomic E-state index is 11.0. The largest absolute Gasteiger partial charge is 0.351 e. The summed E-state index contributed by atoms with van der Waals surface area (Å²) in [6.07, 6.45) is 1.16. The highest BCUT2D eigenvalue weighted by molar-refractivity contribution is 5.93. The molecule has 0 saturated carbocycles. The van der Waals surface area contributed by atoms with E-state index < -0.39 is 6.03 Å². The molecular formula is C8H18N4O2. The van der Waals surface area contributed by atoms with Gasteiger partial charge in [0.05, 0.1) is 0 Å². The minimum absolute atomic E-state index is 0.268. The number of nitrogens with two attached hydrogens (primary N) is 2. The van der Waals surface area contributed by atoms with E-state index in [1.165, 1.54) is 0 Å². The Morgan fingerprint density at radius 2 is 2.00 bits per heavy atom. The fourth-order valence-corrected chi connectivity index (χ4v) is 0.965. The fourth-order valence-electron chi connectivity index (χ4n) is 0.965. The van der Waals surface area contributed by atoms with Crippen molar-refractivity contribution in [1.82, 2.24) is 10.2 Å². The van der Waals surface area contributed by atoms with Crippen LogP contribution in [-0.2, 0) is 4.79 Å². The van der Waals surface area contributed by atoms with Gasteiger partial charge in [-0.1, -0.05) is 0 Å². The highest BCUT2D eigenvalue weighted by atomic mass is 16.2. The van der Waals surface area contributed by atoms with Crippen LogP contribution in [0.4, 0.5) is 4.79 Å². The normalized spacial score (nSPS) is 10.2. The van der Waals surface area contributed by atoms with Crippen molar-refractivity contribution in [2.45, 2.75) is 12.8 Å². The van der Waals surface area contributed by atoms with E-state index in [4.69, 9.17) is 11.5 Å². The standard InChI is InChI=1S/C8H18N4O2/c1-12(5-2-4-9)6-3-7(13)11-8(10)14/h2-6,9H2,1H3,(H3,10,11,13,14). The summed E-state index contributed by atoms with van der Waals surface area (Å²) in [5.74, 6) is -0.350. The zero-order chi connectivity index (χ0) is 11.0. The molecule has 0 aromatic heterocycles. The van der Waals surface area contributed by atoms with Gasteiger partial charge < -0.3 is 16.4 Å². The van der Waals surface area contributed by atoms with Gasteiger partial charge in [0.2, 0.25) is 5.91 Å². The number of hydrogen-bond acceptors (Lipinski definition) is 4. The first-order valence-corrected chi connectivity index (χ1v) is 4.54. The Balaban J connectivity index is 3.50. The Kier molecular flexibility index (Phi) is 6.69. The molecule has 82 valence electrons. The average molecular weight is 202 g/mol. The molecule has 0 aliphatic carbocycles. The molecule has 6 nitrogen and oxygen atoms in total. The third-order valence-corrected chi connectivity index (χ3v) is 1.73. The van der Waals surface area contributed by atoms with Crippen molar-refractivity contribution in [3.05, 3.63) is 0 Å². The molecule has 0 radical (unpaired) electrons. The van der Waals surface area contributed by atoms with Crippen LogP contribution >= 0.6 is 0 Å². The van der Waals surface area contributed by atoms with Crippen molar-refractivity contribution >= 4 is 11.9 Å². The summed E-state index contributed by atoms with van der Waals surface area (Å²) in [6.45, 7) is 2.08. The second-order valence-electron chi connectivity index (χ2n) is 3.11. The lowest BCUT2D eigenvalue weighted by atomic mass is 10.3. The Morgan fingerprint density at radius 3 is 2.50 bits per heavy atom. The van der Waals surface area contributed by atoms with Gasteiger partial charge >= 0.3 is 6.03 Å². The highest BCUT2D eigenvalue weighted by Gasteiger charge is 2.05. The molecule has 0 spiro atoms. The van der Waals surface area contributed by atoms with Crippen molar-refractivity contribution < 1.29 is 9.59 Å². The monoisotopic (exact) mass is 202 g/mol. The number of amides is 3. The van der Waals surface area contributed by atoms with Crippen LogP contribution in [0, 0.1) is 0 Å². The number of primary amides is 1. The van der Waals surface area contributed by atoms with Gasteiger partial charge in [-0.2, -0.15) is 0 Å². The van der Waals surface area contributed by atoms with E-state index in [-0.39, 0.29) is 12.3 Å². The Labute approximate surface area is 83.6 Å². The lowest BCUT2D eigenvalue weighted by molar-refractivity contribution is -0.120. The van der Waals surface area contributed by atoms with Gasteiger partial charge in [0.25, 0.3) is 0 Å². The van der Waals surface area contributed by atoms with Crippen LogP contribution in [0.5, 0.6) is 0 Å². The smallest absolute Gasteiger partial charge is 0.318 e. The molecule has 0 aromatic rings. The van der Waals surface area contributed by atoms with E-state index in [9.17, 15) is 9.59 Å². The lowest BCUT2D eigenvalue weighted by Crippen LogP contribution is -2.37. The van der Waals surface area contributed by atoms with Crippen LogP contribution in [0.1, 0.15) is 12.8 Å². The molecule has 0 aliphatic heterocycles. The number of carbonyl (C=O) groups is 2. The van der Waals surface area contributed by atoms with Crippen LogP contribution in [0.3, 0.4) is 0 Å². The second-order valence-corrected chi connectivity index (χ2v) is 3.11. The van der Waals surface area contributed by atoms with Crippen molar-refractivity contribution in [2.24, 2.45) is 11.5 Å². The summed E-state index contributed by atoms with van der Waals surface area (Å²) in [5.41, 5.74) is 10.1. The predicted octanol–water partition coefficient (Wildman–Crippen LogP) is -1.15. The number of imide groups is 1. The quantitative estimate of drug-likeness (QED) is 0.506. The molecule has 0 aliphatic rings. The molecule has 3 amide bonds. The van der Waals surface area contributed by atoms with E-state index in [1.54, 1.807) is 0 Å². The van der Waals surface area contributed by atoms with E-state index in [0.29, 0.717) is 13.1 Å². The summed E-state index contributed by atoms with van der Waals surface area (Å²) in [5, 5.41) is 2.00. The number of nitrogens with zero attached hydrogens (tertiary/aromatic N) is 1. The van der Waals surface area contributed by atoms with Crippen LogP contribution in [0.2, 0.25) is 0 Å². The van der Waals surface area contributed by atoms with Gasteiger partial charge in [-0.25, -0.2) is 4.79 Å². The van der Waals surface area contributed by atoms with Crippen molar-refractivity contribution in [1.29, 1.82) is 0 Å². The summed E-state index contributed by atoms with van der Waals surface area (Å²) in [4.78, 5) is 23.2. The van der Waals surface area contributed by atoms with Gasteiger partial charge in [-0.05, 0) is 26.6 Å². The molecule has 0 atom stereocenters. The maximum absolute atomic E-state index is 11.0. The molecule has 0 bridgehead atoms. The predicted molar refractivity (Wildman–Crippen MR) is 53.5 cm³/mol. The molecule has 0 saturated heterocycles. The second kappa shape index (κ2) is 7.28. The summed E-state index contributed by atoms with van der Waals surface area (Å²) >= 11 is 0. The summed E-state index contributed by atoms with van der Waals surface area (Å²) in [6, 6.07) is -0.806. The topological polar surface area (TPSA) is 101 Å². The van der Waals surface area contributed by atoms with Crippen molar-refractivity contribution in [3.63, 3.8) is 0 Å². The van der Waals surface area contributed by atoms with Crippen molar-refractivity contribution in [2.75, 3.05) is 26.7 Å². The number of nitrogens with one attached hydrogen (secondary N) is 1. The van der Waals surface area contributed by atoms with Gasteiger partial charge in [0.15, 0.2) is 0 Å². The van der Waals surface area contributed by atoms with Crippen LogP contribution < -0.4 is 16.8 Å². The minimum Gasteiger partial charge on any atom is -0.351 e. The van der Waals surface area contributed by atoms with E-state index in [1.807, 2.05) is 17.3 Å². The van der Waals surface area contributed by atoms with Crippen LogP contribution in [0.15, 0.2) is 0 Å². The Morgan fingerprint density at radius 1 is 1.36 bits per heavy atom. The van der Waals surface area contributed by atoms with Gasteiger partial charge in [0.1, 0.15) is 0 Å². The van der Waals surface area contributed by atoms with E-state index in [0.717, 1.165) is 13.0 Å². The van der Waals surface area contributed by atoms with Crippen molar-refractivity contribution in [3.8, 4) is 0 Å². The third kappa shape index (κ3) is 7.51. The minimum atomic E-state index is -0.806. The Bertz CT molecular complexity index is 196. The molecule has 0 unspecified atom stereocenters. The molecule has 5 N–H and O–H groups in total. The number of hydrogen-bond donors (Lipinski definition) is 3. The van der Waals surface area contributed by atoms with Crippen LogP contribution in [0.25, 0.3) is 0 Å². The summed E-state index contributed by atoms with van der Waals surface area (Å²) in [7, 11) is 1.90. The fraction of sp³-hybridized carbons (Fsp3) is 0.750. The lowest BCUT2D eigenvalue weighted by Gasteiger charge is -2.14. The molecule has 0 aromatic carbocycles. The first kappa shape index (κ1) is 12.9. The van der Waals surface area contributed by atoms with Gasteiger partial charge in [-0.15, -0.1) is 0 Å². The average Bonchev–Trinajstić information content (AvgIpc) is 2.10. The first-order chi connectivity index (χ1) is 6.56.